The quantitative estimate of drug-likeness (QED) is 0.659. The minimum atomic E-state index is -0.940. The number of ether oxygens (including phenoxy) is 1. The number of hydrogen-bond donors (Lipinski definition) is 3. The molecule has 28 heavy (non-hydrogen) atoms. The molecule has 9 heteroatoms. The highest BCUT2D eigenvalue weighted by atomic mass is 32.2. The molecule has 150 valence electrons. The van der Waals surface area contributed by atoms with Gasteiger partial charge >= 0.3 is 0 Å². The molecule has 0 unspecified atom stereocenters. The van der Waals surface area contributed by atoms with Crippen LogP contribution in [0, 0.1) is 0 Å². The fourth-order valence-electron chi connectivity index (χ4n) is 3.79. The summed E-state index contributed by atoms with van der Waals surface area (Å²) in [6.07, 6.45) is 0.371. The van der Waals surface area contributed by atoms with Crippen molar-refractivity contribution in [1.82, 2.24) is 15.5 Å². The number of para-hydroxylation sites is 1. The van der Waals surface area contributed by atoms with Crippen LogP contribution in [0.25, 0.3) is 0 Å². The van der Waals surface area contributed by atoms with E-state index in [1.807, 2.05) is 0 Å². The van der Waals surface area contributed by atoms with Gasteiger partial charge in [0.05, 0.1) is 24.3 Å². The third kappa shape index (κ3) is 3.81. The molecule has 3 amide bonds. The van der Waals surface area contributed by atoms with Crippen LogP contribution in [0.4, 0.5) is 0 Å². The fourth-order valence-corrected chi connectivity index (χ4v) is 4.96. The first-order valence-electron chi connectivity index (χ1n) is 9.39. The van der Waals surface area contributed by atoms with Gasteiger partial charge in [0, 0.05) is 37.3 Å². The Bertz CT molecular complexity index is 804. The van der Waals surface area contributed by atoms with Crippen LogP contribution in [-0.4, -0.2) is 70.2 Å². The van der Waals surface area contributed by atoms with E-state index < -0.39 is 11.8 Å². The van der Waals surface area contributed by atoms with E-state index in [-0.39, 0.29) is 36.7 Å². The van der Waals surface area contributed by atoms with Gasteiger partial charge in [-0.25, -0.2) is 0 Å². The van der Waals surface area contributed by atoms with Gasteiger partial charge in [0.15, 0.2) is 5.72 Å². The van der Waals surface area contributed by atoms with Gasteiger partial charge < -0.3 is 25.4 Å². The Kier molecular flexibility index (Phi) is 5.20. The van der Waals surface area contributed by atoms with Crippen LogP contribution >= 0.6 is 11.8 Å². The number of likely N-dealkylation sites (tertiary alicyclic amines) is 1. The predicted octanol–water partition coefficient (Wildman–Crippen LogP) is 0.110. The molecule has 0 radical (unpaired) electrons. The lowest BCUT2D eigenvalue weighted by molar-refractivity contribution is -0.136. The molecule has 2 saturated heterocycles. The van der Waals surface area contributed by atoms with Crippen LogP contribution in [0.1, 0.15) is 29.6 Å². The van der Waals surface area contributed by atoms with Gasteiger partial charge in [-0.15, -0.1) is 0 Å². The molecule has 2 fully saturated rings. The van der Waals surface area contributed by atoms with Crippen molar-refractivity contribution in [2.75, 3.05) is 24.6 Å². The summed E-state index contributed by atoms with van der Waals surface area (Å²) in [7, 11) is 0. The number of thioether (sulfide) groups is 1. The zero-order valence-corrected chi connectivity index (χ0v) is 16.2. The van der Waals surface area contributed by atoms with Crippen LogP contribution in [0.2, 0.25) is 0 Å². The van der Waals surface area contributed by atoms with E-state index in [2.05, 4.69) is 10.6 Å². The highest BCUT2D eigenvalue weighted by Crippen LogP contribution is 2.33. The number of carbonyl (C=O) groups is 3. The minimum absolute atomic E-state index is 0.0622. The lowest BCUT2D eigenvalue weighted by Crippen LogP contribution is -2.56. The number of carbonyl (C=O) groups excluding carboxylic acids is 3. The summed E-state index contributed by atoms with van der Waals surface area (Å²) in [5, 5.41) is 15.6. The SMILES string of the molecule is O=C(CN1CC[C@@]2(CCC1=O)NC(=O)c1ccccc1O2)N[C@H]1CSC[C@@H]1O. The molecule has 3 atom stereocenters. The molecule has 0 saturated carbocycles. The minimum Gasteiger partial charge on any atom is -0.467 e. The summed E-state index contributed by atoms with van der Waals surface area (Å²) >= 11 is 1.59. The van der Waals surface area contributed by atoms with E-state index >= 15 is 0 Å². The first-order valence-corrected chi connectivity index (χ1v) is 10.5. The maximum Gasteiger partial charge on any atom is 0.258 e. The lowest BCUT2D eigenvalue weighted by atomic mass is 10.0. The van der Waals surface area contributed by atoms with Crippen LogP contribution in [0.15, 0.2) is 24.3 Å². The fraction of sp³-hybridized carbons (Fsp3) is 0.526. The molecule has 3 heterocycles. The number of benzene rings is 1. The number of fused-ring (bicyclic) bond motifs is 1. The van der Waals surface area contributed by atoms with Gasteiger partial charge in [-0.1, -0.05) is 12.1 Å². The van der Waals surface area contributed by atoms with Crippen molar-refractivity contribution >= 4 is 29.5 Å². The Balaban J connectivity index is 1.40. The second kappa shape index (κ2) is 7.63. The zero-order valence-electron chi connectivity index (χ0n) is 15.3. The largest absolute Gasteiger partial charge is 0.467 e. The standard InChI is InChI=1S/C19H23N3O5S/c23-14-11-28-10-13(14)20-16(24)9-22-8-7-19(6-5-17(22)25)21-18(26)12-3-1-2-4-15(12)27-19/h1-4,13-14,23H,5-11H2,(H,20,24)(H,21,26)/t13-,14-,19-/m0/s1. The van der Waals surface area contributed by atoms with Gasteiger partial charge in [-0.05, 0) is 12.1 Å². The average molecular weight is 405 g/mol. The first-order chi connectivity index (χ1) is 13.5. The maximum atomic E-state index is 12.5. The Morgan fingerprint density at radius 1 is 1.32 bits per heavy atom. The third-order valence-corrected chi connectivity index (χ3v) is 6.56. The number of aliphatic hydroxyl groups excluding tert-OH is 1. The second-order valence-corrected chi connectivity index (χ2v) is 8.47. The molecular weight excluding hydrogens is 382 g/mol. The molecule has 0 aromatic heterocycles. The number of aliphatic hydroxyl groups is 1. The molecular formula is C19H23N3O5S. The number of rotatable bonds is 3. The van der Waals surface area contributed by atoms with Crippen LogP contribution < -0.4 is 15.4 Å². The normalized spacial score (nSPS) is 29.7. The number of nitrogens with one attached hydrogen (secondary N) is 2. The Labute approximate surface area is 167 Å². The maximum absolute atomic E-state index is 12.5. The van der Waals surface area contributed by atoms with E-state index in [9.17, 15) is 19.5 Å². The summed E-state index contributed by atoms with van der Waals surface area (Å²) in [4.78, 5) is 38.8. The Hall–Kier alpha value is -2.26. The van der Waals surface area contributed by atoms with E-state index in [0.717, 1.165) is 0 Å². The number of hydrogen-bond acceptors (Lipinski definition) is 6. The molecule has 3 aliphatic heterocycles. The first kappa shape index (κ1) is 19.1. The molecule has 8 nitrogen and oxygen atoms in total. The highest BCUT2D eigenvalue weighted by Gasteiger charge is 2.42. The molecule has 3 aliphatic rings. The number of nitrogens with zero attached hydrogens (tertiary/aromatic N) is 1. The summed E-state index contributed by atoms with van der Waals surface area (Å²) in [6, 6.07) is 6.75. The number of amides is 3. The summed E-state index contributed by atoms with van der Waals surface area (Å²) in [5.41, 5.74) is -0.460. The van der Waals surface area contributed by atoms with E-state index in [1.54, 1.807) is 36.0 Å². The van der Waals surface area contributed by atoms with Gasteiger partial charge in [-0.3, -0.25) is 14.4 Å². The molecule has 0 aliphatic carbocycles. The van der Waals surface area contributed by atoms with Crippen molar-refractivity contribution in [2.24, 2.45) is 0 Å². The van der Waals surface area contributed by atoms with Crippen molar-refractivity contribution in [3.05, 3.63) is 29.8 Å². The Morgan fingerprint density at radius 3 is 2.93 bits per heavy atom. The zero-order chi connectivity index (χ0) is 19.7. The molecule has 1 aromatic carbocycles. The van der Waals surface area contributed by atoms with Crippen LogP contribution in [0.3, 0.4) is 0 Å². The van der Waals surface area contributed by atoms with Crippen molar-refractivity contribution in [1.29, 1.82) is 0 Å². The third-order valence-electron chi connectivity index (χ3n) is 5.39. The van der Waals surface area contributed by atoms with Crippen molar-refractivity contribution in [2.45, 2.75) is 37.1 Å². The molecule has 0 bridgehead atoms. The molecule has 3 N–H and O–H groups in total. The summed E-state index contributed by atoms with van der Waals surface area (Å²) in [5.74, 6) is 1.14. The summed E-state index contributed by atoms with van der Waals surface area (Å²) in [6.45, 7) is 0.240. The second-order valence-electron chi connectivity index (χ2n) is 7.39. The Morgan fingerprint density at radius 2 is 2.14 bits per heavy atom. The monoisotopic (exact) mass is 405 g/mol. The van der Waals surface area contributed by atoms with Crippen molar-refractivity contribution < 1.29 is 24.2 Å². The summed E-state index contributed by atoms with van der Waals surface area (Å²) < 4.78 is 6.09. The van der Waals surface area contributed by atoms with Crippen molar-refractivity contribution in [3.63, 3.8) is 0 Å². The molecule has 4 rings (SSSR count). The van der Waals surface area contributed by atoms with E-state index in [0.29, 0.717) is 42.2 Å². The van der Waals surface area contributed by atoms with Crippen molar-refractivity contribution in [3.8, 4) is 5.75 Å². The smallest absolute Gasteiger partial charge is 0.258 e. The lowest BCUT2D eigenvalue weighted by Gasteiger charge is -2.38. The highest BCUT2D eigenvalue weighted by molar-refractivity contribution is 7.99. The average Bonchev–Trinajstić information content (AvgIpc) is 3.01. The van der Waals surface area contributed by atoms with Gasteiger partial charge in [0.1, 0.15) is 5.75 Å². The van der Waals surface area contributed by atoms with Gasteiger partial charge in [0.2, 0.25) is 11.8 Å². The predicted molar refractivity (Wildman–Crippen MR) is 103 cm³/mol. The van der Waals surface area contributed by atoms with E-state index in [1.165, 1.54) is 4.90 Å². The molecule has 1 aromatic rings. The van der Waals surface area contributed by atoms with E-state index in [4.69, 9.17) is 4.74 Å². The van der Waals surface area contributed by atoms with Crippen LogP contribution in [0.5, 0.6) is 5.75 Å². The van der Waals surface area contributed by atoms with Gasteiger partial charge in [-0.2, -0.15) is 11.8 Å². The molecule has 1 spiro atoms. The van der Waals surface area contributed by atoms with Gasteiger partial charge in [0.25, 0.3) is 5.91 Å². The topological polar surface area (TPSA) is 108 Å². The van der Waals surface area contributed by atoms with Crippen LogP contribution in [-0.2, 0) is 9.59 Å².